The molecule has 0 aromatic heterocycles. The smallest absolute Gasteiger partial charge is 0.0627 e. The molecule has 2 aromatic carbocycles. The Labute approximate surface area is 111 Å². The number of benzene rings is 2. The molecular weight excluding hydrogens is 248 g/mol. The molecule has 2 aliphatic heterocycles. The highest BCUT2D eigenvalue weighted by atomic mass is 28.3. The summed E-state index contributed by atoms with van der Waals surface area (Å²) in [4.78, 5) is 0. The van der Waals surface area contributed by atoms with Gasteiger partial charge in [0.25, 0.3) is 0 Å². The van der Waals surface area contributed by atoms with Gasteiger partial charge in [-0.05, 0) is 0 Å². The van der Waals surface area contributed by atoms with E-state index in [1.54, 1.807) is 20.7 Å². The minimum atomic E-state index is -1.45. The van der Waals surface area contributed by atoms with Gasteiger partial charge in [0, 0.05) is 0 Å². The van der Waals surface area contributed by atoms with Gasteiger partial charge in [-0.3, -0.25) is 0 Å². The standard InChI is InChI=1S/C16H18Si2/c1-17(2)13-7-3-5-9-15(13)18(11-12-18)16-10-6-4-8-14(16)17/h3-10H,11-12H2,1-2H3. The first-order valence-corrected chi connectivity index (χ1v) is 12.3. The van der Waals surface area contributed by atoms with Gasteiger partial charge in [-0.2, -0.15) is 0 Å². The molecule has 0 nitrogen and oxygen atoms in total. The Morgan fingerprint density at radius 3 is 1.44 bits per heavy atom. The second kappa shape index (κ2) is 3.25. The Hall–Kier alpha value is -1.13. The van der Waals surface area contributed by atoms with Crippen molar-refractivity contribution in [1.29, 1.82) is 0 Å². The van der Waals surface area contributed by atoms with Gasteiger partial charge < -0.3 is 0 Å². The first kappa shape index (κ1) is 10.8. The van der Waals surface area contributed by atoms with Gasteiger partial charge in [0.2, 0.25) is 0 Å². The highest BCUT2D eigenvalue weighted by Gasteiger charge is 2.55. The molecular formula is C16H18Si2. The predicted octanol–water partition coefficient (Wildman–Crippen LogP) is 1.40. The van der Waals surface area contributed by atoms with Crippen LogP contribution in [0.4, 0.5) is 0 Å². The van der Waals surface area contributed by atoms with Crippen LogP contribution in [0.15, 0.2) is 48.5 Å². The molecule has 0 N–H and O–H groups in total. The van der Waals surface area contributed by atoms with Crippen LogP contribution < -0.4 is 20.7 Å². The molecule has 0 saturated carbocycles. The summed E-state index contributed by atoms with van der Waals surface area (Å²) in [5, 5.41) is 7.02. The number of hydrogen-bond donors (Lipinski definition) is 0. The second-order valence-electron chi connectivity index (χ2n) is 6.30. The van der Waals surface area contributed by atoms with E-state index in [0.29, 0.717) is 0 Å². The lowest BCUT2D eigenvalue weighted by Crippen LogP contribution is -2.75. The Morgan fingerprint density at radius 2 is 1.06 bits per heavy atom. The van der Waals surface area contributed by atoms with Gasteiger partial charge in [-0.15, -0.1) is 0 Å². The molecule has 0 bridgehead atoms. The van der Waals surface area contributed by atoms with Gasteiger partial charge >= 0.3 is 0 Å². The van der Waals surface area contributed by atoms with Crippen LogP contribution in [-0.2, 0) is 0 Å². The van der Waals surface area contributed by atoms with E-state index in [-0.39, 0.29) is 0 Å². The lowest BCUT2D eigenvalue weighted by molar-refractivity contribution is 1.68. The molecule has 0 radical (unpaired) electrons. The summed E-state index contributed by atoms with van der Waals surface area (Å²) in [5.74, 6) is 0. The van der Waals surface area contributed by atoms with Crippen LogP contribution in [0.3, 0.4) is 0 Å². The van der Waals surface area contributed by atoms with Crippen LogP contribution in [0.1, 0.15) is 0 Å². The Balaban J connectivity index is 2.11. The molecule has 2 heterocycles. The van der Waals surface area contributed by atoms with E-state index in [0.717, 1.165) is 0 Å². The molecule has 2 aliphatic rings. The largest absolute Gasteiger partial charge is 0.117 e. The molecule has 0 aliphatic carbocycles. The van der Waals surface area contributed by atoms with E-state index >= 15 is 0 Å². The van der Waals surface area contributed by atoms with E-state index in [9.17, 15) is 0 Å². The zero-order chi connectivity index (χ0) is 12.4. The fraction of sp³-hybridized carbons (Fsp3) is 0.250. The van der Waals surface area contributed by atoms with E-state index in [2.05, 4.69) is 61.6 Å². The number of fused-ring (bicyclic) bond motifs is 4. The van der Waals surface area contributed by atoms with Crippen molar-refractivity contribution in [2.45, 2.75) is 25.2 Å². The van der Waals surface area contributed by atoms with Crippen molar-refractivity contribution in [1.82, 2.24) is 0 Å². The second-order valence-corrected chi connectivity index (χ2v) is 14.9. The zero-order valence-corrected chi connectivity index (χ0v) is 13.0. The third-order valence-electron chi connectivity index (χ3n) is 4.98. The monoisotopic (exact) mass is 266 g/mol. The van der Waals surface area contributed by atoms with Crippen molar-refractivity contribution in [2.75, 3.05) is 0 Å². The summed E-state index contributed by atoms with van der Waals surface area (Å²) in [6.07, 6.45) is 0. The van der Waals surface area contributed by atoms with Crippen LogP contribution in [0.25, 0.3) is 0 Å². The van der Waals surface area contributed by atoms with Gasteiger partial charge in [0.1, 0.15) is 16.1 Å². The molecule has 18 heavy (non-hydrogen) atoms. The van der Waals surface area contributed by atoms with Crippen LogP contribution in [0.5, 0.6) is 0 Å². The average molecular weight is 266 g/mol. The highest BCUT2D eigenvalue weighted by Crippen LogP contribution is 2.36. The van der Waals surface area contributed by atoms with Gasteiger partial charge in [-0.1, -0.05) is 94.5 Å². The van der Waals surface area contributed by atoms with E-state index < -0.39 is 16.1 Å². The maximum atomic E-state index is 2.52. The predicted molar refractivity (Wildman–Crippen MR) is 84.3 cm³/mol. The minimum Gasteiger partial charge on any atom is -0.0627 e. The lowest BCUT2D eigenvalue weighted by atomic mass is 10.3. The molecule has 0 atom stereocenters. The quantitative estimate of drug-likeness (QED) is 0.632. The number of rotatable bonds is 0. The first-order valence-electron chi connectivity index (χ1n) is 6.86. The lowest BCUT2D eigenvalue weighted by Gasteiger charge is -2.38. The maximum Gasteiger partial charge on any atom is 0.117 e. The van der Waals surface area contributed by atoms with Crippen LogP contribution in [0.2, 0.25) is 25.2 Å². The molecule has 1 fully saturated rings. The summed E-state index contributed by atoms with van der Waals surface area (Å²) in [6, 6.07) is 21.7. The fourth-order valence-corrected chi connectivity index (χ4v) is 14.4. The molecule has 0 amide bonds. The van der Waals surface area contributed by atoms with Crippen molar-refractivity contribution in [3.05, 3.63) is 48.5 Å². The molecule has 2 aromatic rings. The van der Waals surface area contributed by atoms with Crippen molar-refractivity contribution >= 4 is 36.9 Å². The number of hydrogen-bond acceptors (Lipinski definition) is 0. The first-order chi connectivity index (χ1) is 8.66. The Kier molecular flexibility index (Phi) is 1.94. The third-order valence-corrected chi connectivity index (χ3v) is 13.5. The zero-order valence-electron chi connectivity index (χ0n) is 11.0. The molecule has 0 unspecified atom stereocenters. The molecule has 4 rings (SSSR count). The topological polar surface area (TPSA) is 0 Å². The molecule has 1 saturated heterocycles. The minimum absolute atomic E-state index is 1.24. The van der Waals surface area contributed by atoms with Crippen molar-refractivity contribution < 1.29 is 0 Å². The van der Waals surface area contributed by atoms with Gasteiger partial charge in [0.05, 0.1) is 0 Å². The fourth-order valence-electron chi connectivity index (χ4n) is 3.84. The summed E-state index contributed by atoms with van der Waals surface area (Å²) < 4.78 is 0. The summed E-state index contributed by atoms with van der Waals surface area (Å²) in [6.45, 7) is 5.04. The van der Waals surface area contributed by atoms with Crippen LogP contribution in [0, 0.1) is 0 Å². The summed E-state index contributed by atoms with van der Waals surface area (Å²) >= 11 is 0. The van der Waals surface area contributed by atoms with Crippen molar-refractivity contribution in [2.24, 2.45) is 0 Å². The Bertz CT molecular complexity index is 544. The van der Waals surface area contributed by atoms with E-state index in [1.165, 1.54) is 12.1 Å². The van der Waals surface area contributed by atoms with Crippen LogP contribution >= 0.6 is 0 Å². The van der Waals surface area contributed by atoms with E-state index in [1.807, 2.05) is 0 Å². The molecule has 90 valence electrons. The Morgan fingerprint density at radius 1 is 0.667 bits per heavy atom. The average Bonchev–Trinajstić information content (AvgIpc) is 3.19. The SMILES string of the molecule is C[Si]1(C)c2ccccc2[Si]2(CC2)c2ccccc21. The van der Waals surface area contributed by atoms with Crippen molar-refractivity contribution in [3.8, 4) is 0 Å². The van der Waals surface area contributed by atoms with Crippen molar-refractivity contribution in [3.63, 3.8) is 0 Å². The highest BCUT2D eigenvalue weighted by molar-refractivity contribution is 7.20. The van der Waals surface area contributed by atoms with E-state index in [4.69, 9.17) is 0 Å². The van der Waals surface area contributed by atoms with Gasteiger partial charge in [0.15, 0.2) is 0 Å². The third kappa shape index (κ3) is 1.15. The van der Waals surface area contributed by atoms with Gasteiger partial charge in [-0.25, -0.2) is 0 Å². The normalized spacial score (nSPS) is 21.2. The molecule has 2 heteroatoms. The molecule has 1 spiro atoms. The maximum absolute atomic E-state index is 2.52. The summed E-state index contributed by atoms with van der Waals surface area (Å²) in [5.41, 5.74) is 0. The van der Waals surface area contributed by atoms with Crippen LogP contribution in [-0.4, -0.2) is 16.1 Å². The summed E-state index contributed by atoms with van der Waals surface area (Å²) in [7, 11) is -2.68.